The Morgan fingerprint density at radius 2 is 1.05 bits per heavy atom. The summed E-state index contributed by atoms with van der Waals surface area (Å²) >= 11 is 2.67. The smallest absolute Gasteiger partial charge is 0.263 e. The van der Waals surface area contributed by atoms with Gasteiger partial charge in [-0.2, -0.15) is 0 Å². The molecule has 2 heterocycles. The fourth-order valence-corrected chi connectivity index (χ4v) is 4.20. The van der Waals surface area contributed by atoms with Gasteiger partial charge >= 0.3 is 0 Å². The molecule has 2 amide bonds. The van der Waals surface area contributed by atoms with Gasteiger partial charge in [-0.15, -0.1) is 0 Å². The van der Waals surface area contributed by atoms with Crippen molar-refractivity contribution in [3.63, 3.8) is 0 Å². The van der Waals surface area contributed by atoms with Gasteiger partial charge in [-0.25, -0.2) is 0 Å². The first kappa shape index (κ1) is 16.7. The lowest BCUT2D eigenvalue weighted by Gasteiger charge is -2.26. The van der Waals surface area contributed by atoms with Crippen LogP contribution >= 0.6 is 23.5 Å². The molecular formula is C16H18N2O2S2. The fraction of sp³-hybridized carbons (Fsp3) is 0.250. The number of carbonyl (C=O) groups excluding carboxylic acids is 2. The maximum atomic E-state index is 12.3. The summed E-state index contributed by atoms with van der Waals surface area (Å²) in [5, 5.41) is 5.68. The minimum atomic E-state index is -0.235. The molecule has 4 nitrogen and oxygen atoms in total. The van der Waals surface area contributed by atoms with Crippen LogP contribution in [0.1, 0.15) is 27.7 Å². The summed E-state index contributed by atoms with van der Waals surface area (Å²) in [4.78, 5) is 27.4. The van der Waals surface area contributed by atoms with E-state index < -0.39 is 0 Å². The van der Waals surface area contributed by atoms with Crippen LogP contribution in [0.3, 0.4) is 0 Å². The maximum absolute atomic E-state index is 12.3. The van der Waals surface area contributed by atoms with Crippen molar-refractivity contribution < 1.29 is 9.59 Å². The topological polar surface area (TPSA) is 58.2 Å². The van der Waals surface area contributed by atoms with Gasteiger partial charge in [0.2, 0.25) is 0 Å². The fourth-order valence-electron chi connectivity index (χ4n) is 2.06. The molecule has 0 aromatic rings. The molecule has 0 radical (unpaired) electrons. The third kappa shape index (κ3) is 3.08. The summed E-state index contributed by atoms with van der Waals surface area (Å²) < 4.78 is 0. The van der Waals surface area contributed by atoms with E-state index in [1.165, 1.54) is 23.5 Å². The lowest BCUT2D eigenvalue weighted by molar-refractivity contribution is -0.118. The highest BCUT2D eigenvalue weighted by molar-refractivity contribution is 8.11. The van der Waals surface area contributed by atoms with Crippen LogP contribution in [0.25, 0.3) is 0 Å². The third-order valence-corrected chi connectivity index (χ3v) is 5.84. The zero-order valence-corrected chi connectivity index (χ0v) is 14.6. The Bertz CT molecular complexity index is 624. The summed E-state index contributed by atoms with van der Waals surface area (Å²) in [6.45, 7) is 7.57. The largest absolute Gasteiger partial charge is 0.321 e. The van der Waals surface area contributed by atoms with Gasteiger partial charge in [0.25, 0.3) is 11.8 Å². The monoisotopic (exact) mass is 334 g/mol. The van der Waals surface area contributed by atoms with Crippen LogP contribution in [-0.2, 0) is 9.59 Å². The summed E-state index contributed by atoms with van der Waals surface area (Å²) in [6.07, 6.45) is 7.56. The first-order valence-corrected chi connectivity index (χ1v) is 8.57. The Kier molecular flexibility index (Phi) is 5.37. The molecule has 0 atom stereocenters. The van der Waals surface area contributed by atoms with Crippen LogP contribution < -0.4 is 10.6 Å². The predicted octanol–water partition coefficient (Wildman–Crippen LogP) is 3.54. The number of hydrogen-bond acceptors (Lipinski definition) is 4. The SMILES string of the molecule is C/C=C1/NC(=O)/C(=C2\SC(=C/C)/C(=C\C)NC2=O)S/C1=C/C. The first-order chi connectivity index (χ1) is 10.5. The molecule has 0 saturated carbocycles. The Morgan fingerprint density at radius 1 is 0.682 bits per heavy atom. The molecular weight excluding hydrogens is 316 g/mol. The minimum Gasteiger partial charge on any atom is -0.321 e. The summed E-state index contributed by atoms with van der Waals surface area (Å²) in [5.41, 5.74) is 1.56. The molecule has 2 fully saturated rings. The first-order valence-electron chi connectivity index (χ1n) is 6.94. The number of rotatable bonds is 0. The molecule has 2 saturated heterocycles. The van der Waals surface area contributed by atoms with Crippen molar-refractivity contribution in [3.05, 3.63) is 55.3 Å². The van der Waals surface area contributed by atoms with Crippen LogP contribution in [0.15, 0.2) is 55.3 Å². The summed E-state index contributed by atoms with van der Waals surface area (Å²) in [6, 6.07) is 0. The Morgan fingerprint density at radius 3 is 1.32 bits per heavy atom. The molecule has 0 aliphatic carbocycles. The van der Waals surface area contributed by atoms with E-state index in [9.17, 15) is 9.59 Å². The second-order valence-corrected chi connectivity index (χ2v) is 6.59. The molecule has 2 N–H and O–H groups in total. The number of nitrogens with one attached hydrogen (secondary N) is 2. The van der Waals surface area contributed by atoms with E-state index in [2.05, 4.69) is 10.6 Å². The van der Waals surface area contributed by atoms with Crippen molar-refractivity contribution in [2.45, 2.75) is 27.7 Å². The highest BCUT2D eigenvalue weighted by atomic mass is 32.2. The van der Waals surface area contributed by atoms with Crippen molar-refractivity contribution in [3.8, 4) is 0 Å². The molecule has 6 heteroatoms. The zero-order valence-electron chi connectivity index (χ0n) is 12.9. The van der Waals surface area contributed by atoms with Crippen molar-refractivity contribution in [1.82, 2.24) is 10.6 Å². The molecule has 2 rings (SSSR count). The Labute approximate surface area is 138 Å². The van der Waals surface area contributed by atoms with Gasteiger partial charge in [-0.3, -0.25) is 9.59 Å². The van der Waals surface area contributed by atoms with E-state index in [-0.39, 0.29) is 11.8 Å². The quantitative estimate of drug-likeness (QED) is 0.665. The number of amides is 2. The maximum Gasteiger partial charge on any atom is 0.263 e. The van der Waals surface area contributed by atoms with Crippen LogP contribution in [0.4, 0.5) is 0 Å². The van der Waals surface area contributed by atoms with Gasteiger partial charge in [-0.05, 0) is 27.7 Å². The average molecular weight is 334 g/mol. The normalized spacial score (nSPS) is 30.2. The summed E-state index contributed by atoms with van der Waals surface area (Å²) in [5.74, 6) is -0.471. The van der Waals surface area contributed by atoms with E-state index >= 15 is 0 Å². The average Bonchev–Trinajstić information content (AvgIpc) is 2.54. The van der Waals surface area contributed by atoms with Gasteiger partial charge in [0.05, 0.1) is 21.2 Å². The molecule has 22 heavy (non-hydrogen) atoms. The molecule has 0 bridgehead atoms. The van der Waals surface area contributed by atoms with Crippen LogP contribution in [0.2, 0.25) is 0 Å². The van der Waals surface area contributed by atoms with E-state index in [0.29, 0.717) is 9.81 Å². The molecule has 0 spiro atoms. The lowest BCUT2D eigenvalue weighted by Crippen LogP contribution is -2.34. The number of hydrogen-bond donors (Lipinski definition) is 2. The van der Waals surface area contributed by atoms with Crippen molar-refractivity contribution in [1.29, 1.82) is 0 Å². The van der Waals surface area contributed by atoms with Crippen molar-refractivity contribution in [2.75, 3.05) is 0 Å². The van der Waals surface area contributed by atoms with Crippen molar-refractivity contribution in [2.24, 2.45) is 0 Å². The molecule has 116 valence electrons. The Balaban J connectivity index is 2.46. The highest BCUT2D eigenvalue weighted by Gasteiger charge is 2.32. The molecule has 2 aliphatic heterocycles. The lowest BCUT2D eigenvalue weighted by atomic mass is 10.3. The van der Waals surface area contributed by atoms with Gasteiger partial charge in [0, 0.05) is 9.81 Å². The second kappa shape index (κ2) is 7.07. The zero-order chi connectivity index (χ0) is 16.3. The van der Waals surface area contributed by atoms with Crippen molar-refractivity contribution >= 4 is 35.3 Å². The van der Waals surface area contributed by atoms with Crippen LogP contribution in [-0.4, -0.2) is 11.8 Å². The molecule has 0 aromatic heterocycles. The van der Waals surface area contributed by atoms with Crippen LogP contribution in [0, 0.1) is 0 Å². The van der Waals surface area contributed by atoms with Gasteiger partial charge in [-0.1, -0.05) is 47.8 Å². The number of allylic oxidation sites excluding steroid dienone is 4. The summed E-state index contributed by atoms with van der Waals surface area (Å²) in [7, 11) is 0. The molecule has 0 unspecified atom stereocenters. The second-order valence-electron chi connectivity index (χ2n) is 4.48. The van der Waals surface area contributed by atoms with E-state index in [1.54, 1.807) is 0 Å². The van der Waals surface area contributed by atoms with E-state index in [0.717, 1.165) is 21.2 Å². The molecule has 0 aromatic carbocycles. The van der Waals surface area contributed by atoms with E-state index in [4.69, 9.17) is 0 Å². The highest BCUT2D eigenvalue weighted by Crippen LogP contribution is 2.43. The minimum absolute atomic E-state index is 0.235. The predicted molar refractivity (Wildman–Crippen MR) is 93.5 cm³/mol. The number of thioether (sulfide) groups is 2. The van der Waals surface area contributed by atoms with Gasteiger partial charge < -0.3 is 10.6 Å². The number of carbonyl (C=O) groups is 2. The Hall–Kier alpha value is -1.66. The van der Waals surface area contributed by atoms with Gasteiger partial charge in [0.15, 0.2) is 0 Å². The molecule has 2 aliphatic rings. The van der Waals surface area contributed by atoms with Gasteiger partial charge in [0.1, 0.15) is 0 Å². The third-order valence-electron chi connectivity index (χ3n) is 3.17. The van der Waals surface area contributed by atoms with E-state index in [1.807, 2.05) is 52.0 Å². The van der Waals surface area contributed by atoms with Crippen LogP contribution in [0.5, 0.6) is 0 Å². The standard InChI is InChI=1S/C16H18N2O2S2/c1-5-9-11(7-3)21-13(15(19)17-9)14-16(20)18-10(6-2)12(8-4)22-14/h5-8H,1-4H3,(H,17,19)(H,18,20)/b9-5+,10-6+,11-7+,12-8+,14-13+.